The number of nitro groups is 1. The van der Waals surface area contributed by atoms with E-state index in [1.165, 1.54) is 19.2 Å². The molecule has 0 heterocycles. The van der Waals surface area contributed by atoms with Crippen LogP contribution in [0.1, 0.15) is 10.4 Å². The zero-order valence-electron chi connectivity index (χ0n) is 12.5. The zero-order chi connectivity index (χ0) is 17.7. The number of halogens is 1. The van der Waals surface area contributed by atoms with Crippen molar-refractivity contribution in [3.63, 3.8) is 0 Å². The maximum Gasteiger partial charge on any atom is 0.318 e. The zero-order valence-corrected chi connectivity index (χ0v) is 13.3. The Kier molecular flexibility index (Phi) is 5.33. The Morgan fingerprint density at radius 3 is 2.38 bits per heavy atom. The Bertz CT molecular complexity index is 810. The van der Waals surface area contributed by atoms with Crippen LogP contribution < -0.4 is 16.0 Å². The van der Waals surface area contributed by atoms with Crippen molar-refractivity contribution in [2.75, 3.05) is 17.7 Å². The first-order valence-corrected chi connectivity index (χ1v) is 7.12. The molecule has 0 unspecified atom stereocenters. The topological polar surface area (TPSA) is 113 Å². The number of anilines is 2. The van der Waals surface area contributed by atoms with E-state index in [0.29, 0.717) is 11.4 Å². The highest BCUT2D eigenvalue weighted by Gasteiger charge is 2.16. The molecule has 0 saturated heterocycles. The first-order valence-electron chi connectivity index (χ1n) is 6.75. The predicted octanol–water partition coefficient (Wildman–Crippen LogP) is 3.25. The summed E-state index contributed by atoms with van der Waals surface area (Å²) in [5, 5.41) is 18.4. The molecule has 8 nitrogen and oxygen atoms in total. The number of amides is 3. The lowest BCUT2D eigenvalue weighted by atomic mass is 10.1. The van der Waals surface area contributed by atoms with Gasteiger partial charge in [-0.05, 0) is 24.3 Å². The average Bonchev–Trinajstić information content (AvgIpc) is 2.55. The van der Waals surface area contributed by atoms with Crippen LogP contribution in [-0.4, -0.2) is 23.9 Å². The SMILES string of the molecule is CNC(=O)Nc1cccc(NC(=O)c2cc([N+](=O)[O-])ccc2Cl)c1. The number of carbonyl (C=O) groups is 2. The summed E-state index contributed by atoms with van der Waals surface area (Å²) < 4.78 is 0. The van der Waals surface area contributed by atoms with Crippen LogP contribution in [-0.2, 0) is 0 Å². The van der Waals surface area contributed by atoms with Crippen LogP contribution in [0, 0.1) is 10.1 Å². The van der Waals surface area contributed by atoms with Gasteiger partial charge in [-0.2, -0.15) is 0 Å². The summed E-state index contributed by atoms with van der Waals surface area (Å²) in [5.41, 5.74) is 0.615. The van der Waals surface area contributed by atoms with Crippen molar-refractivity contribution < 1.29 is 14.5 Å². The number of benzene rings is 2. The molecule has 0 bridgehead atoms. The quantitative estimate of drug-likeness (QED) is 0.581. The Hall–Kier alpha value is -3.13. The van der Waals surface area contributed by atoms with Crippen LogP contribution in [0.25, 0.3) is 0 Å². The van der Waals surface area contributed by atoms with Crippen LogP contribution in [0.15, 0.2) is 42.5 Å². The van der Waals surface area contributed by atoms with Gasteiger partial charge in [-0.25, -0.2) is 4.79 Å². The van der Waals surface area contributed by atoms with Gasteiger partial charge in [0.05, 0.1) is 15.5 Å². The van der Waals surface area contributed by atoms with Crippen molar-refractivity contribution >= 4 is 40.6 Å². The van der Waals surface area contributed by atoms with Crippen LogP contribution >= 0.6 is 11.6 Å². The van der Waals surface area contributed by atoms with E-state index in [4.69, 9.17) is 11.6 Å². The fourth-order valence-electron chi connectivity index (χ4n) is 1.87. The number of nitro benzene ring substituents is 1. The third kappa shape index (κ3) is 4.20. The summed E-state index contributed by atoms with van der Waals surface area (Å²) in [6.07, 6.45) is 0. The van der Waals surface area contributed by atoms with Crippen LogP contribution in [0.4, 0.5) is 21.9 Å². The maximum atomic E-state index is 12.3. The summed E-state index contributed by atoms with van der Waals surface area (Å²) in [5.74, 6) is -0.596. The summed E-state index contributed by atoms with van der Waals surface area (Å²) in [4.78, 5) is 33.8. The van der Waals surface area contributed by atoms with E-state index in [-0.39, 0.29) is 16.3 Å². The Morgan fingerprint density at radius 2 is 1.75 bits per heavy atom. The van der Waals surface area contributed by atoms with E-state index >= 15 is 0 Å². The fourth-order valence-corrected chi connectivity index (χ4v) is 2.07. The molecule has 3 N–H and O–H groups in total. The van der Waals surface area contributed by atoms with E-state index in [0.717, 1.165) is 6.07 Å². The predicted molar refractivity (Wildman–Crippen MR) is 90.6 cm³/mol. The maximum absolute atomic E-state index is 12.3. The minimum absolute atomic E-state index is 0.0180. The number of hydrogen-bond acceptors (Lipinski definition) is 4. The monoisotopic (exact) mass is 348 g/mol. The minimum atomic E-state index is -0.610. The Morgan fingerprint density at radius 1 is 1.08 bits per heavy atom. The fraction of sp³-hybridized carbons (Fsp3) is 0.0667. The second-order valence-corrected chi connectivity index (χ2v) is 5.07. The highest BCUT2D eigenvalue weighted by atomic mass is 35.5. The molecule has 0 aliphatic carbocycles. The normalized spacial score (nSPS) is 9.92. The lowest BCUT2D eigenvalue weighted by Crippen LogP contribution is -2.24. The molecule has 24 heavy (non-hydrogen) atoms. The lowest BCUT2D eigenvalue weighted by molar-refractivity contribution is -0.384. The van der Waals surface area contributed by atoms with Gasteiger partial charge in [0.15, 0.2) is 0 Å². The molecule has 0 fully saturated rings. The summed E-state index contributed by atoms with van der Waals surface area (Å²) in [7, 11) is 1.48. The molecule has 0 aromatic heterocycles. The molecule has 9 heteroatoms. The van der Waals surface area contributed by atoms with Gasteiger partial charge in [-0.15, -0.1) is 0 Å². The van der Waals surface area contributed by atoms with Crippen LogP contribution in [0.3, 0.4) is 0 Å². The molecule has 0 saturated carbocycles. The molecular weight excluding hydrogens is 336 g/mol. The van der Waals surface area contributed by atoms with E-state index in [1.54, 1.807) is 24.3 Å². The highest BCUT2D eigenvalue weighted by molar-refractivity contribution is 6.34. The number of nitrogens with zero attached hydrogens (tertiary/aromatic N) is 1. The summed E-state index contributed by atoms with van der Waals surface area (Å²) in [6, 6.07) is 9.63. The molecule has 2 rings (SSSR count). The molecule has 124 valence electrons. The number of carbonyl (C=O) groups excluding carboxylic acids is 2. The molecule has 3 amide bonds. The van der Waals surface area contributed by atoms with Crippen molar-refractivity contribution in [1.82, 2.24) is 5.32 Å². The summed E-state index contributed by atoms with van der Waals surface area (Å²) >= 11 is 5.93. The van der Waals surface area contributed by atoms with Gasteiger partial charge < -0.3 is 16.0 Å². The molecule has 0 radical (unpaired) electrons. The third-order valence-corrected chi connectivity index (χ3v) is 3.34. The number of urea groups is 1. The number of nitrogens with one attached hydrogen (secondary N) is 3. The first kappa shape index (κ1) is 17.2. The van der Waals surface area contributed by atoms with Crippen molar-refractivity contribution in [3.8, 4) is 0 Å². The number of non-ortho nitro benzene ring substituents is 1. The van der Waals surface area contributed by atoms with Gasteiger partial charge in [0, 0.05) is 30.6 Å². The van der Waals surface area contributed by atoms with Crippen LogP contribution in [0.2, 0.25) is 5.02 Å². The van der Waals surface area contributed by atoms with E-state index in [1.807, 2.05) is 0 Å². The molecule has 2 aromatic rings. The van der Waals surface area contributed by atoms with Crippen molar-refractivity contribution in [1.29, 1.82) is 0 Å². The van der Waals surface area contributed by atoms with Gasteiger partial charge in [-0.1, -0.05) is 17.7 Å². The van der Waals surface area contributed by atoms with Crippen molar-refractivity contribution in [2.45, 2.75) is 0 Å². The Balaban J connectivity index is 2.21. The second kappa shape index (κ2) is 7.42. The number of hydrogen-bond donors (Lipinski definition) is 3. The largest absolute Gasteiger partial charge is 0.341 e. The standard InChI is InChI=1S/C15H13ClN4O4/c1-17-15(22)19-10-4-2-3-9(7-10)18-14(21)12-8-11(20(23)24)5-6-13(12)16/h2-8H,1H3,(H,18,21)(H2,17,19,22). The van der Waals surface area contributed by atoms with Gasteiger partial charge >= 0.3 is 6.03 Å². The second-order valence-electron chi connectivity index (χ2n) is 4.66. The molecule has 0 aliphatic rings. The molecule has 0 spiro atoms. The third-order valence-electron chi connectivity index (χ3n) is 3.01. The average molecular weight is 349 g/mol. The molecule has 0 aliphatic heterocycles. The smallest absolute Gasteiger partial charge is 0.318 e. The van der Waals surface area contributed by atoms with Gasteiger partial charge in [-0.3, -0.25) is 14.9 Å². The van der Waals surface area contributed by atoms with Crippen molar-refractivity contribution in [3.05, 3.63) is 63.2 Å². The minimum Gasteiger partial charge on any atom is -0.341 e. The molecule has 0 atom stereocenters. The van der Waals surface area contributed by atoms with Gasteiger partial charge in [0.2, 0.25) is 0 Å². The highest BCUT2D eigenvalue weighted by Crippen LogP contribution is 2.23. The Labute approximate surface area is 142 Å². The van der Waals surface area contributed by atoms with Gasteiger partial charge in [0.1, 0.15) is 0 Å². The van der Waals surface area contributed by atoms with E-state index in [9.17, 15) is 19.7 Å². The lowest BCUT2D eigenvalue weighted by Gasteiger charge is -2.09. The van der Waals surface area contributed by atoms with Gasteiger partial charge in [0.25, 0.3) is 11.6 Å². The molecule has 2 aromatic carbocycles. The van der Waals surface area contributed by atoms with E-state index < -0.39 is 16.9 Å². The first-order chi connectivity index (χ1) is 11.4. The number of rotatable bonds is 4. The molecular formula is C15H13ClN4O4. The summed E-state index contributed by atoms with van der Waals surface area (Å²) in [6.45, 7) is 0. The van der Waals surface area contributed by atoms with Crippen molar-refractivity contribution in [2.24, 2.45) is 0 Å². The van der Waals surface area contributed by atoms with E-state index in [2.05, 4.69) is 16.0 Å². The van der Waals surface area contributed by atoms with Crippen LogP contribution in [0.5, 0.6) is 0 Å².